The molecule has 0 N–H and O–H groups in total. The van der Waals surface area contributed by atoms with E-state index in [9.17, 15) is 4.79 Å². The van der Waals surface area contributed by atoms with E-state index in [0.717, 1.165) is 5.69 Å². The van der Waals surface area contributed by atoms with Crippen molar-refractivity contribution in [3.63, 3.8) is 0 Å². The Hall–Kier alpha value is -2.32. The van der Waals surface area contributed by atoms with Gasteiger partial charge in [0.15, 0.2) is 6.10 Å². The van der Waals surface area contributed by atoms with Crippen molar-refractivity contribution in [2.24, 2.45) is 0 Å². The van der Waals surface area contributed by atoms with Gasteiger partial charge in [0.1, 0.15) is 16.8 Å². The molecule has 1 atom stereocenters. The van der Waals surface area contributed by atoms with E-state index < -0.39 is 12.1 Å². The number of aromatic nitrogens is 2. The van der Waals surface area contributed by atoms with Gasteiger partial charge in [-0.15, -0.1) is 0 Å². The zero-order chi connectivity index (χ0) is 14.7. The summed E-state index contributed by atoms with van der Waals surface area (Å²) >= 11 is 6.20. The Morgan fingerprint density at radius 1 is 1.45 bits per heavy atom. The van der Waals surface area contributed by atoms with Crippen LogP contribution < -0.4 is 0 Å². The van der Waals surface area contributed by atoms with Gasteiger partial charge in [0.2, 0.25) is 0 Å². The maximum Gasteiger partial charge on any atom is 0.344 e. The summed E-state index contributed by atoms with van der Waals surface area (Å²) in [6.45, 7) is 3.15. The van der Waals surface area contributed by atoms with E-state index in [0.29, 0.717) is 5.69 Å². The van der Waals surface area contributed by atoms with Crippen LogP contribution in [-0.2, 0) is 4.74 Å². The number of ether oxygens (including phenoxy) is 1. The fourth-order valence-corrected chi connectivity index (χ4v) is 2.07. The Balaban J connectivity index is 2.40. The van der Waals surface area contributed by atoms with Gasteiger partial charge in [0, 0.05) is 0 Å². The van der Waals surface area contributed by atoms with Gasteiger partial charge in [0.25, 0.3) is 0 Å². The molecule has 20 heavy (non-hydrogen) atoms. The molecule has 1 aromatic heterocycles. The van der Waals surface area contributed by atoms with E-state index in [1.165, 1.54) is 11.6 Å². The second kappa shape index (κ2) is 5.76. The fraction of sp³-hybridized carbons (Fsp3) is 0.214. The minimum atomic E-state index is -0.835. The molecule has 5 nitrogen and oxygen atoms in total. The van der Waals surface area contributed by atoms with Gasteiger partial charge in [-0.05, 0) is 26.0 Å². The Labute approximate surface area is 121 Å². The lowest BCUT2D eigenvalue weighted by molar-refractivity contribution is 0.0435. The number of halogens is 1. The van der Waals surface area contributed by atoms with Crippen molar-refractivity contribution in [3.8, 4) is 11.8 Å². The molecule has 0 spiro atoms. The number of nitriles is 1. The number of benzene rings is 1. The maximum absolute atomic E-state index is 12.0. The molecule has 102 valence electrons. The van der Waals surface area contributed by atoms with Crippen LogP contribution in [0.4, 0.5) is 0 Å². The Morgan fingerprint density at radius 2 is 2.10 bits per heavy atom. The van der Waals surface area contributed by atoms with Crippen LogP contribution in [0.15, 0.2) is 30.3 Å². The second-order valence-corrected chi connectivity index (χ2v) is 4.53. The number of para-hydroxylation sites is 1. The summed E-state index contributed by atoms with van der Waals surface area (Å²) < 4.78 is 6.42. The lowest BCUT2D eigenvalue weighted by Crippen LogP contribution is -2.14. The van der Waals surface area contributed by atoms with Gasteiger partial charge < -0.3 is 4.74 Å². The van der Waals surface area contributed by atoms with Crippen molar-refractivity contribution in [2.75, 3.05) is 0 Å². The quantitative estimate of drug-likeness (QED) is 0.815. The molecule has 0 aliphatic carbocycles. The van der Waals surface area contributed by atoms with Gasteiger partial charge >= 0.3 is 5.97 Å². The molecule has 0 saturated carbocycles. The lowest BCUT2D eigenvalue weighted by atomic mass is 10.2. The average Bonchev–Trinajstić information content (AvgIpc) is 2.74. The second-order valence-electron chi connectivity index (χ2n) is 4.18. The molecule has 0 unspecified atom stereocenters. The number of carbonyl (C=O) groups excluding carboxylic acids is 1. The van der Waals surface area contributed by atoms with Gasteiger partial charge in [0.05, 0.1) is 11.4 Å². The van der Waals surface area contributed by atoms with Crippen LogP contribution >= 0.6 is 11.6 Å². The molecule has 2 aromatic rings. The maximum atomic E-state index is 12.0. The van der Waals surface area contributed by atoms with Crippen LogP contribution in [0.2, 0.25) is 5.15 Å². The first-order chi connectivity index (χ1) is 9.54. The van der Waals surface area contributed by atoms with Gasteiger partial charge in [-0.1, -0.05) is 29.8 Å². The third-order valence-electron chi connectivity index (χ3n) is 2.67. The van der Waals surface area contributed by atoms with Crippen LogP contribution in [0, 0.1) is 18.3 Å². The van der Waals surface area contributed by atoms with Crippen molar-refractivity contribution < 1.29 is 9.53 Å². The summed E-state index contributed by atoms with van der Waals surface area (Å²) in [7, 11) is 0. The van der Waals surface area contributed by atoms with Crippen molar-refractivity contribution in [1.82, 2.24) is 9.78 Å². The molecule has 0 saturated heterocycles. The molecule has 0 bridgehead atoms. The lowest BCUT2D eigenvalue weighted by Gasteiger charge is -2.06. The first-order valence-corrected chi connectivity index (χ1v) is 6.33. The number of rotatable bonds is 3. The van der Waals surface area contributed by atoms with Crippen LogP contribution in [0.1, 0.15) is 23.0 Å². The smallest absolute Gasteiger partial charge is 0.344 e. The van der Waals surface area contributed by atoms with Crippen molar-refractivity contribution in [2.45, 2.75) is 20.0 Å². The molecule has 6 heteroatoms. The Kier molecular flexibility index (Phi) is 4.06. The molecule has 2 rings (SSSR count). The molecular formula is C14H12ClN3O2. The number of hydrogen-bond donors (Lipinski definition) is 0. The van der Waals surface area contributed by atoms with E-state index in [4.69, 9.17) is 21.6 Å². The zero-order valence-corrected chi connectivity index (χ0v) is 11.8. The van der Waals surface area contributed by atoms with E-state index in [2.05, 4.69) is 5.10 Å². The molecule has 0 aliphatic heterocycles. The minimum absolute atomic E-state index is 0.170. The highest BCUT2D eigenvalue weighted by atomic mass is 35.5. The number of hydrogen-bond acceptors (Lipinski definition) is 4. The van der Waals surface area contributed by atoms with Crippen LogP contribution in [0.25, 0.3) is 5.69 Å². The average molecular weight is 290 g/mol. The summed E-state index contributed by atoms with van der Waals surface area (Å²) in [5, 5.41) is 13.1. The summed E-state index contributed by atoms with van der Waals surface area (Å²) in [6.07, 6.45) is -0.835. The van der Waals surface area contributed by atoms with Crippen LogP contribution in [0.5, 0.6) is 0 Å². The van der Waals surface area contributed by atoms with Gasteiger partial charge in [-0.3, -0.25) is 0 Å². The number of aryl methyl sites for hydroxylation is 1. The molecule has 0 fully saturated rings. The predicted molar refractivity (Wildman–Crippen MR) is 73.8 cm³/mol. The summed E-state index contributed by atoms with van der Waals surface area (Å²) in [4.78, 5) is 12.0. The molecule has 1 heterocycles. The standard InChI is InChI=1S/C14H12ClN3O2/c1-9(8-16)20-14(19)12-10(2)17-18(13(12)15)11-6-4-3-5-7-11/h3-7,9H,1-2H3/t9-/m0/s1. The van der Waals surface area contributed by atoms with Crippen molar-refractivity contribution >= 4 is 17.6 Å². The fourth-order valence-electron chi connectivity index (χ4n) is 1.72. The minimum Gasteiger partial charge on any atom is -0.444 e. The number of esters is 1. The van der Waals surface area contributed by atoms with Crippen LogP contribution in [0.3, 0.4) is 0 Å². The SMILES string of the molecule is Cc1nn(-c2ccccc2)c(Cl)c1C(=O)O[C@@H](C)C#N. The summed E-state index contributed by atoms with van der Waals surface area (Å²) in [5.41, 5.74) is 1.37. The predicted octanol–water partition coefficient (Wildman–Crippen LogP) is 2.90. The highest BCUT2D eigenvalue weighted by Crippen LogP contribution is 2.24. The Morgan fingerprint density at radius 3 is 2.70 bits per heavy atom. The third kappa shape index (κ3) is 2.65. The normalized spacial score (nSPS) is 11.7. The Bertz CT molecular complexity index is 674. The highest BCUT2D eigenvalue weighted by molar-refractivity contribution is 6.33. The summed E-state index contributed by atoms with van der Waals surface area (Å²) in [6, 6.07) is 11.0. The topological polar surface area (TPSA) is 67.9 Å². The van der Waals surface area contributed by atoms with E-state index >= 15 is 0 Å². The molecule has 0 amide bonds. The summed E-state index contributed by atoms with van der Waals surface area (Å²) in [5.74, 6) is -0.649. The van der Waals surface area contributed by atoms with E-state index in [-0.39, 0.29) is 10.7 Å². The van der Waals surface area contributed by atoms with Gasteiger partial charge in [-0.2, -0.15) is 10.4 Å². The van der Waals surface area contributed by atoms with Crippen molar-refractivity contribution in [3.05, 3.63) is 46.7 Å². The van der Waals surface area contributed by atoms with Crippen molar-refractivity contribution in [1.29, 1.82) is 5.26 Å². The highest BCUT2D eigenvalue weighted by Gasteiger charge is 2.23. The third-order valence-corrected chi connectivity index (χ3v) is 3.02. The molecule has 1 aromatic carbocycles. The number of nitrogens with zero attached hydrogens (tertiary/aromatic N) is 3. The first kappa shape index (κ1) is 14.1. The van der Waals surface area contributed by atoms with E-state index in [1.807, 2.05) is 36.4 Å². The monoisotopic (exact) mass is 289 g/mol. The largest absolute Gasteiger partial charge is 0.444 e. The molecule has 0 radical (unpaired) electrons. The molecule has 0 aliphatic rings. The first-order valence-electron chi connectivity index (χ1n) is 5.95. The zero-order valence-electron chi connectivity index (χ0n) is 11.0. The number of carbonyl (C=O) groups is 1. The molecular weight excluding hydrogens is 278 g/mol. The van der Waals surface area contributed by atoms with E-state index in [1.54, 1.807) is 6.92 Å². The van der Waals surface area contributed by atoms with Crippen LogP contribution in [-0.4, -0.2) is 21.9 Å². The van der Waals surface area contributed by atoms with Gasteiger partial charge in [-0.25, -0.2) is 9.48 Å².